The molecule has 0 amide bonds. The highest BCUT2D eigenvalue weighted by atomic mass is 15.3. The summed E-state index contributed by atoms with van der Waals surface area (Å²) in [5, 5.41) is 7.94. The molecule has 0 radical (unpaired) electrons. The minimum absolute atomic E-state index is 0.147. The van der Waals surface area contributed by atoms with Crippen LogP contribution in [0.5, 0.6) is 0 Å². The number of rotatable bonds is 8. The quantitative estimate of drug-likeness (QED) is 0.782. The highest BCUT2D eigenvalue weighted by molar-refractivity contribution is 5.02. The van der Waals surface area contributed by atoms with Crippen LogP contribution < -0.4 is 5.32 Å². The summed E-state index contributed by atoms with van der Waals surface area (Å²) >= 11 is 0. The fourth-order valence-electron chi connectivity index (χ4n) is 2.27. The van der Waals surface area contributed by atoms with Crippen LogP contribution in [0, 0.1) is 0 Å². The molecule has 110 valence electrons. The van der Waals surface area contributed by atoms with E-state index in [1.54, 1.807) is 0 Å². The van der Waals surface area contributed by atoms with Gasteiger partial charge in [0.05, 0.1) is 0 Å². The molecule has 4 nitrogen and oxygen atoms in total. The summed E-state index contributed by atoms with van der Waals surface area (Å²) in [6, 6.07) is 2.59. The molecule has 0 spiro atoms. The summed E-state index contributed by atoms with van der Waals surface area (Å²) in [4.78, 5) is 2.31. The Balaban J connectivity index is 2.67. The lowest BCUT2D eigenvalue weighted by molar-refractivity contribution is 0.132. The number of aryl methyl sites for hydroxylation is 2. The van der Waals surface area contributed by atoms with E-state index in [0.29, 0.717) is 6.04 Å². The van der Waals surface area contributed by atoms with Crippen LogP contribution in [0.3, 0.4) is 0 Å². The van der Waals surface area contributed by atoms with E-state index >= 15 is 0 Å². The minimum Gasteiger partial charge on any atom is -0.312 e. The summed E-state index contributed by atoms with van der Waals surface area (Å²) in [5.74, 6) is 0. The first-order chi connectivity index (χ1) is 8.89. The van der Waals surface area contributed by atoms with Gasteiger partial charge in [-0.15, -0.1) is 0 Å². The second-order valence-corrected chi connectivity index (χ2v) is 6.04. The van der Waals surface area contributed by atoms with E-state index in [-0.39, 0.29) is 5.54 Å². The maximum atomic E-state index is 4.24. The van der Waals surface area contributed by atoms with Crippen molar-refractivity contribution >= 4 is 0 Å². The molecule has 0 saturated carbocycles. The molecule has 0 aromatic carbocycles. The molecule has 0 bridgehead atoms. The standard InChI is InChI=1S/C15H30N4/c1-7-11-16-14(15(2,3)18(4)5)9-8-13-10-12-17-19(13)6/h10,12,14,16H,7-9,11H2,1-6H3. The first-order valence-electron chi connectivity index (χ1n) is 7.27. The Bertz CT molecular complexity index is 368. The highest BCUT2D eigenvalue weighted by Gasteiger charge is 2.30. The van der Waals surface area contributed by atoms with Crippen LogP contribution in [-0.2, 0) is 13.5 Å². The molecular weight excluding hydrogens is 236 g/mol. The van der Waals surface area contributed by atoms with Gasteiger partial charge < -0.3 is 10.2 Å². The monoisotopic (exact) mass is 266 g/mol. The molecular formula is C15H30N4. The number of hydrogen-bond donors (Lipinski definition) is 1. The van der Waals surface area contributed by atoms with Gasteiger partial charge in [-0.2, -0.15) is 5.10 Å². The van der Waals surface area contributed by atoms with Crippen LogP contribution in [0.15, 0.2) is 12.3 Å². The van der Waals surface area contributed by atoms with Gasteiger partial charge in [0.1, 0.15) is 0 Å². The van der Waals surface area contributed by atoms with Crippen LogP contribution in [0.4, 0.5) is 0 Å². The molecule has 1 rings (SSSR count). The lowest BCUT2D eigenvalue weighted by atomic mass is 9.89. The van der Waals surface area contributed by atoms with Crippen molar-refractivity contribution in [2.75, 3.05) is 20.6 Å². The van der Waals surface area contributed by atoms with Crippen LogP contribution in [0.1, 0.15) is 39.3 Å². The number of aromatic nitrogens is 2. The summed E-state index contributed by atoms with van der Waals surface area (Å²) in [6.07, 6.45) is 5.24. The van der Waals surface area contributed by atoms with Crippen LogP contribution in [-0.4, -0.2) is 46.9 Å². The average molecular weight is 266 g/mol. The fourth-order valence-corrected chi connectivity index (χ4v) is 2.27. The average Bonchev–Trinajstić information content (AvgIpc) is 2.74. The Labute approximate surface area is 118 Å². The summed E-state index contributed by atoms with van der Waals surface area (Å²) in [7, 11) is 6.33. The normalized spacial score (nSPS) is 14.1. The summed E-state index contributed by atoms with van der Waals surface area (Å²) in [5.41, 5.74) is 1.45. The van der Waals surface area contributed by atoms with Crippen molar-refractivity contribution in [3.05, 3.63) is 18.0 Å². The molecule has 19 heavy (non-hydrogen) atoms. The first-order valence-corrected chi connectivity index (χ1v) is 7.27. The third-order valence-electron chi connectivity index (χ3n) is 4.26. The van der Waals surface area contributed by atoms with Crippen molar-refractivity contribution in [1.82, 2.24) is 20.0 Å². The Morgan fingerprint density at radius 1 is 1.42 bits per heavy atom. The second kappa shape index (κ2) is 7.06. The van der Waals surface area contributed by atoms with Gasteiger partial charge >= 0.3 is 0 Å². The topological polar surface area (TPSA) is 33.1 Å². The van der Waals surface area contributed by atoms with E-state index in [0.717, 1.165) is 19.4 Å². The van der Waals surface area contributed by atoms with Crippen LogP contribution in [0.2, 0.25) is 0 Å². The lowest BCUT2D eigenvalue weighted by Crippen LogP contribution is -2.55. The van der Waals surface area contributed by atoms with Crippen molar-refractivity contribution in [3.8, 4) is 0 Å². The second-order valence-electron chi connectivity index (χ2n) is 6.04. The number of hydrogen-bond acceptors (Lipinski definition) is 3. The molecule has 1 heterocycles. The molecule has 1 atom stereocenters. The zero-order chi connectivity index (χ0) is 14.5. The molecule has 0 aliphatic heterocycles. The molecule has 0 saturated heterocycles. The maximum absolute atomic E-state index is 4.24. The van der Waals surface area contributed by atoms with E-state index < -0.39 is 0 Å². The smallest absolute Gasteiger partial charge is 0.0492 e. The van der Waals surface area contributed by atoms with Crippen LogP contribution in [0.25, 0.3) is 0 Å². The van der Waals surface area contributed by atoms with Gasteiger partial charge in [-0.3, -0.25) is 4.68 Å². The lowest BCUT2D eigenvalue weighted by Gasteiger charge is -2.41. The van der Waals surface area contributed by atoms with Crippen LogP contribution >= 0.6 is 0 Å². The molecule has 4 heteroatoms. The zero-order valence-corrected chi connectivity index (χ0v) is 13.4. The van der Waals surface area contributed by atoms with Crippen molar-refractivity contribution in [2.24, 2.45) is 7.05 Å². The molecule has 0 aliphatic rings. The van der Waals surface area contributed by atoms with E-state index in [1.165, 1.54) is 12.1 Å². The van der Waals surface area contributed by atoms with E-state index in [4.69, 9.17) is 0 Å². The number of nitrogens with zero attached hydrogens (tertiary/aromatic N) is 3. The molecule has 1 N–H and O–H groups in total. The molecule has 1 aromatic heterocycles. The minimum atomic E-state index is 0.147. The first kappa shape index (κ1) is 16.2. The number of likely N-dealkylation sites (N-methyl/N-ethyl adjacent to an activating group) is 1. The molecule has 0 fully saturated rings. The van der Waals surface area contributed by atoms with Gasteiger partial charge in [0, 0.05) is 30.5 Å². The van der Waals surface area contributed by atoms with Crippen molar-refractivity contribution < 1.29 is 0 Å². The van der Waals surface area contributed by atoms with E-state index in [2.05, 4.69) is 56.2 Å². The Morgan fingerprint density at radius 2 is 2.11 bits per heavy atom. The SMILES string of the molecule is CCCNC(CCc1ccnn1C)C(C)(C)N(C)C. The summed E-state index contributed by atoms with van der Waals surface area (Å²) < 4.78 is 1.97. The molecule has 1 aromatic rings. The van der Waals surface area contributed by atoms with E-state index in [9.17, 15) is 0 Å². The predicted molar refractivity (Wildman–Crippen MR) is 81.4 cm³/mol. The Hall–Kier alpha value is -0.870. The van der Waals surface area contributed by atoms with Gasteiger partial charge in [-0.1, -0.05) is 6.92 Å². The van der Waals surface area contributed by atoms with Crippen molar-refractivity contribution in [2.45, 2.75) is 51.6 Å². The molecule has 1 unspecified atom stereocenters. The fraction of sp³-hybridized carbons (Fsp3) is 0.800. The van der Waals surface area contributed by atoms with Gasteiger partial charge in [-0.05, 0) is 59.8 Å². The Kier molecular flexibility index (Phi) is 6.01. The third-order valence-corrected chi connectivity index (χ3v) is 4.26. The number of nitrogens with one attached hydrogen (secondary N) is 1. The van der Waals surface area contributed by atoms with Gasteiger partial charge in [-0.25, -0.2) is 0 Å². The van der Waals surface area contributed by atoms with Crippen molar-refractivity contribution in [1.29, 1.82) is 0 Å². The van der Waals surface area contributed by atoms with Crippen molar-refractivity contribution in [3.63, 3.8) is 0 Å². The largest absolute Gasteiger partial charge is 0.312 e. The molecule has 0 aliphatic carbocycles. The maximum Gasteiger partial charge on any atom is 0.0492 e. The van der Waals surface area contributed by atoms with E-state index in [1.807, 2.05) is 17.9 Å². The predicted octanol–water partition coefficient (Wildman–Crippen LogP) is 2.06. The zero-order valence-electron chi connectivity index (χ0n) is 13.4. The highest BCUT2D eigenvalue weighted by Crippen LogP contribution is 2.20. The third kappa shape index (κ3) is 4.32. The van der Waals surface area contributed by atoms with Gasteiger partial charge in [0.15, 0.2) is 0 Å². The van der Waals surface area contributed by atoms with Gasteiger partial charge in [0.25, 0.3) is 0 Å². The summed E-state index contributed by atoms with van der Waals surface area (Å²) in [6.45, 7) is 7.91. The van der Waals surface area contributed by atoms with Gasteiger partial charge in [0.2, 0.25) is 0 Å². The Morgan fingerprint density at radius 3 is 2.58 bits per heavy atom.